The van der Waals surface area contributed by atoms with Gasteiger partial charge in [0.2, 0.25) is 11.8 Å². The average Bonchev–Trinajstić information content (AvgIpc) is 3.89. The molecule has 1 aliphatic carbocycles. The molecular weight excluding hydrogens is 651 g/mol. The van der Waals surface area contributed by atoms with Gasteiger partial charge in [-0.2, -0.15) is 9.97 Å². The lowest BCUT2D eigenvalue weighted by Gasteiger charge is -2.30. The number of ether oxygens (including phenoxy) is 2. The van der Waals surface area contributed by atoms with E-state index in [9.17, 15) is 13.9 Å². The highest BCUT2D eigenvalue weighted by Crippen LogP contribution is 2.44. The Hall–Kier alpha value is -5.29. The lowest BCUT2D eigenvalue weighted by atomic mass is 9.95. The number of fused-ring (bicyclic) bond motifs is 3. The van der Waals surface area contributed by atoms with Gasteiger partial charge in [-0.05, 0) is 62.2 Å². The molecule has 3 fully saturated rings. The number of nitrogens with two attached hydrogens (primary N) is 1. The van der Waals surface area contributed by atoms with E-state index in [1.54, 1.807) is 6.07 Å². The predicted octanol–water partition coefficient (Wildman–Crippen LogP) is 6.09. The SMILES string of the molecule is C#Cc1c(F)ccc2cc(O)cc(-c3nc(OC)c4c(N[C@@H]5CC[C@H](c6cc(N)on6)C5)nc(OC[C@@]56CCCN5C[C@H](F)C6)nc4c3F)c12. The van der Waals surface area contributed by atoms with Crippen molar-refractivity contribution >= 4 is 33.4 Å². The molecule has 0 radical (unpaired) electrons. The third-order valence-corrected chi connectivity index (χ3v) is 10.3. The van der Waals surface area contributed by atoms with Crippen LogP contribution >= 0.6 is 0 Å². The highest BCUT2D eigenvalue weighted by molar-refractivity contribution is 6.04. The number of hydrogen-bond donors (Lipinski definition) is 3. The van der Waals surface area contributed by atoms with Crippen LogP contribution in [0.5, 0.6) is 17.6 Å². The summed E-state index contributed by atoms with van der Waals surface area (Å²) >= 11 is 0. The topological polar surface area (TPSA) is 145 Å². The Morgan fingerprint density at radius 2 is 2.04 bits per heavy atom. The lowest BCUT2D eigenvalue weighted by molar-refractivity contribution is 0.107. The van der Waals surface area contributed by atoms with Crippen molar-refractivity contribution in [2.24, 2.45) is 0 Å². The molecule has 5 aromatic rings. The number of halogens is 3. The van der Waals surface area contributed by atoms with Crippen molar-refractivity contribution in [1.29, 1.82) is 0 Å². The molecule has 4 atom stereocenters. The number of benzene rings is 2. The number of nitrogens with zero attached hydrogens (tertiary/aromatic N) is 5. The largest absolute Gasteiger partial charge is 0.508 e. The third-order valence-electron chi connectivity index (χ3n) is 10.3. The minimum atomic E-state index is -0.964. The number of aromatic nitrogens is 4. The Morgan fingerprint density at radius 3 is 2.82 bits per heavy atom. The number of terminal acetylenes is 1. The van der Waals surface area contributed by atoms with Crippen LogP contribution in [0.25, 0.3) is 32.9 Å². The fourth-order valence-corrected chi connectivity index (χ4v) is 8.09. The Labute approximate surface area is 285 Å². The molecule has 5 heterocycles. The number of pyridine rings is 1. The van der Waals surface area contributed by atoms with Crippen LogP contribution in [0.3, 0.4) is 0 Å². The summed E-state index contributed by atoms with van der Waals surface area (Å²) in [5, 5.41) is 18.9. The van der Waals surface area contributed by atoms with Crippen molar-refractivity contribution in [2.75, 3.05) is 37.9 Å². The van der Waals surface area contributed by atoms with Gasteiger partial charge in [-0.15, -0.1) is 6.42 Å². The fourth-order valence-electron chi connectivity index (χ4n) is 8.09. The van der Waals surface area contributed by atoms with Crippen LogP contribution in [0, 0.1) is 24.0 Å². The van der Waals surface area contributed by atoms with Crippen LogP contribution in [-0.2, 0) is 0 Å². The van der Waals surface area contributed by atoms with Crippen LogP contribution in [0.1, 0.15) is 55.7 Å². The molecular formula is C36H34F3N7O4. The van der Waals surface area contributed by atoms with Crippen molar-refractivity contribution in [3.63, 3.8) is 0 Å². The highest BCUT2D eigenvalue weighted by atomic mass is 19.1. The van der Waals surface area contributed by atoms with E-state index in [4.69, 9.17) is 31.1 Å². The van der Waals surface area contributed by atoms with Gasteiger partial charge in [0, 0.05) is 41.9 Å². The first-order valence-corrected chi connectivity index (χ1v) is 16.5. The Kier molecular flexibility index (Phi) is 7.82. The van der Waals surface area contributed by atoms with E-state index in [-0.39, 0.29) is 81.0 Å². The molecule has 0 amide bonds. The summed E-state index contributed by atoms with van der Waals surface area (Å²) < 4.78 is 63.5. The van der Waals surface area contributed by atoms with Gasteiger partial charge in [-0.25, -0.2) is 18.2 Å². The second-order valence-corrected chi connectivity index (χ2v) is 13.4. The van der Waals surface area contributed by atoms with Gasteiger partial charge in [-0.3, -0.25) is 4.90 Å². The van der Waals surface area contributed by atoms with Crippen molar-refractivity contribution in [3.05, 3.63) is 53.2 Å². The van der Waals surface area contributed by atoms with Gasteiger partial charge in [0.05, 0.1) is 23.9 Å². The van der Waals surface area contributed by atoms with E-state index in [2.05, 4.69) is 31.3 Å². The molecule has 2 saturated heterocycles. The van der Waals surface area contributed by atoms with Crippen LogP contribution in [-0.4, -0.2) is 74.7 Å². The minimum Gasteiger partial charge on any atom is -0.508 e. The molecule has 3 aliphatic rings. The molecule has 14 heteroatoms. The van der Waals surface area contributed by atoms with Crippen LogP contribution in [0.2, 0.25) is 0 Å². The molecule has 11 nitrogen and oxygen atoms in total. The Morgan fingerprint density at radius 1 is 1.18 bits per heavy atom. The van der Waals surface area contributed by atoms with E-state index in [1.807, 2.05) is 0 Å². The zero-order valence-electron chi connectivity index (χ0n) is 27.2. The lowest BCUT2D eigenvalue weighted by Crippen LogP contribution is -2.43. The Bertz CT molecular complexity index is 2190. The maximum Gasteiger partial charge on any atom is 0.319 e. The van der Waals surface area contributed by atoms with E-state index in [0.29, 0.717) is 24.8 Å². The quantitative estimate of drug-likeness (QED) is 0.163. The molecule has 0 unspecified atom stereocenters. The van der Waals surface area contributed by atoms with E-state index in [1.165, 1.54) is 31.4 Å². The minimum absolute atomic E-state index is 0.0175. The van der Waals surface area contributed by atoms with Gasteiger partial charge in [0.25, 0.3) is 0 Å². The van der Waals surface area contributed by atoms with E-state index < -0.39 is 23.3 Å². The zero-order chi connectivity index (χ0) is 34.7. The van der Waals surface area contributed by atoms with Crippen molar-refractivity contribution in [1.82, 2.24) is 25.0 Å². The molecule has 3 aromatic heterocycles. The first kappa shape index (κ1) is 31.9. The second kappa shape index (κ2) is 12.2. The molecule has 0 spiro atoms. The molecule has 2 aromatic carbocycles. The molecule has 258 valence electrons. The van der Waals surface area contributed by atoms with Gasteiger partial charge >= 0.3 is 6.01 Å². The number of phenolic OH excluding ortho intramolecular Hbond substituents is 1. The number of alkyl halides is 1. The number of hydrogen-bond acceptors (Lipinski definition) is 11. The average molecular weight is 686 g/mol. The number of nitrogens with one attached hydrogen (secondary N) is 1. The number of aromatic hydroxyl groups is 1. The van der Waals surface area contributed by atoms with Gasteiger partial charge < -0.3 is 30.2 Å². The monoisotopic (exact) mass is 685 g/mol. The molecule has 1 saturated carbocycles. The van der Waals surface area contributed by atoms with Crippen LogP contribution in [0.4, 0.5) is 24.9 Å². The molecule has 50 heavy (non-hydrogen) atoms. The van der Waals surface area contributed by atoms with Gasteiger partial charge in [0.15, 0.2) is 5.82 Å². The van der Waals surface area contributed by atoms with Gasteiger partial charge in [0.1, 0.15) is 46.8 Å². The van der Waals surface area contributed by atoms with E-state index >= 15 is 4.39 Å². The van der Waals surface area contributed by atoms with E-state index in [0.717, 1.165) is 37.9 Å². The molecule has 4 N–H and O–H groups in total. The summed E-state index contributed by atoms with van der Waals surface area (Å²) in [6, 6.07) is 6.79. The third kappa shape index (κ3) is 5.36. The number of phenols is 1. The smallest absolute Gasteiger partial charge is 0.319 e. The Balaban J connectivity index is 1.26. The first-order valence-electron chi connectivity index (χ1n) is 16.5. The number of methoxy groups -OCH3 is 1. The summed E-state index contributed by atoms with van der Waals surface area (Å²) in [6.07, 6.45) is 8.94. The van der Waals surface area contributed by atoms with Crippen molar-refractivity contribution in [3.8, 4) is 41.2 Å². The van der Waals surface area contributed by atoms with Crippen molar-refractivity contribution < 1.29 is 32.3 Å². The maximum atomic E-state index is 17.0. The normalized spacial score (nSPS) is 23.4. The number of anilines is 2. The molecule has 2 aliphatic heterocycles. The molecule has 0 bridgehead atoms. The summed E-state index contributed by atoms with van der Waals surface area (Å²) in [7, 11) is 1.38. The van der Waals surface area contributed by atoms with Crippen LogP contribution < -0.4 is 20.5 Å². The number of nitrogen functional groups attached to an aromatic ring is 1. The summed E-state index contributed by atoms with van der Waals surface area (Å²) in [5.74, 6) is 1.11. The highest BCUT2D eigenvalue weighted by Gasteiger charge is 2.49. The second-order valence-electron chi connectivity index (χ2n) is 13.4. The summed E-state index contributed by atoms with van der Waals surface area (Å²) in [6.45, 7) is 1.23. The first-order chi connectivity index (χ1) is 24.2. The fraction of sp³-hybridized carbons (Fsp3) is 0.389. The standard InChI is InChI=1S/C36H34F3N7O4/c1-3-23-25(38)8-6-19-12-22(47)13-24(28(19)23)31-30(39)32-29(34(42-31)48-2)33(41-21-7-5-18(11-21)26-14-27(40)50-45-26)44-35(43-32)49-17-36-9-4-10-46(36)16-20(37)15-36/h1,6,8,12-14,18,20-21,47H,4-5,7,9-11,15-17,40H2,2H3,(H,41,43,44)/t18-,20+,21+,36-/m0/s1. The molecule has 8 rings (SSSR count). The van der Waals surface area contributed by atoms with Crippen molar-refractivity contribution in [2.45, 2.75) is 62.2 Å². The van der Waals surface area contributed by atoms with Crippen LogP contribution in [0.15, 0.2) is 34.9 Å². The summed E-state index contributed by atoms with van der Waals surface area (Å²) in [5.41, 5.74) is 5.50. The number of rotatable bonds is 8. The van der Waals surface area contributed by atoms with Gasteiger partial charge in [-0.1, -0.05) is 17.1 Å². The summed E-state index contributed by atoms with van der Waals surface area (Å²) in [4.78, 5) is 15.9. The predicted molar refractivity (Wildman–Crippen MR) is 180 cm³/mol. The zero-order valence-corrected chi connectivity index (χ0v) is 27.2. The maximum absolute atomic E-state index is 17.0.